The molecule has 6 heteroatoms. The van der Waals surface area contributed by atoms with Crippen LogP contribution in [0.5, 0.6) is 5.75 Å². The molecule has 5 nitrogen and oxygen atoms in total. The van der Waals surface area contributed by atoms with Crippen molar-refractivity contribution in [1.29, 1.82) is 0 Å². The highest BCUT2D eigenvalue weighted by Gasteiger charge is 2.37. The van der Waals surface area contributed by atoms with E-state index in [0.717, 1.165) is 24.2 Å². The maximum atomic E-state index is 12.2. The summed E-state index contributed by atoms with van der Waals surface area (Å²) in [5.74, 6) is 1.05. The van der Waals surface area contributed by atoms with E-state index in [1.165, 1.54) is 0 Å². The van der Waals surface area contributed by atoms with E-state index in [4.69, 9.17) is 9.47 Å². The molecule has 0 unspecified atom stereocenters. The van der Waals surface area contributed by atoms with Gasteiger partial charge in [0.1, 0.15) is 5.75 Å². The van der Waals surface area contributed by atoms with Crippen molar-refractivity contribution in [2.24, 2.45) is 5.92 Å². The zero-order valence-electron chi connectivity index (χ0n) is 14.2. The minimum atomic E-state index is -3.28. The lowest BCUT2D eigenvalue weighted by atomic mass is 9.74. The van der Waals surface area contributed by atoms with Crippen LogP contribution < -0.4 is 9.46 Å². The molecule has 1 aromatic rings. The lowest BCUT2D eigenvalue weighted by Crippen LogP contribution is -2.45. The minimum Gasteiger partial charge on any atom is -0.496 e. The van der Waals surface area contributed by atoms with E-state index in [1.54, 1.807) is 7.11 Å². The Morgan fingerprint density at radius 1 is 1.26 bits per heavy atom. The molecule has 1 aliphatic rings. The zero-order valence-corrected chi connectivity index (χ0v) is 15.0. The van der Waals surface area contributed by atoms with Gasteiger partial charge in [0, 0.05) is 30.7 Å². The number of para-hydroxylation sites is 1. The van der Waals surface area contributed by atoms with Gasteiger partial charge >= 0.3 is 0 Å². The summed E-state index contributed by atoms with van der Waals surface area (Å²) in [6, 6.07) is 7.85. The van der Waals surface area contributed by atoms with Crippen LogP contribution in [0.2, 0.25) is 0 Å². The van der Waals surface area contributed by atoms with Crippen molar-refractivity contribution in [2.75, 3.05) is 32.6 Å². The van der Waals surface area contributed by atoms with E-state index in [0.29, 0.717) is 19.8 Å². The monoisotopic (exact) mass is 341 g/mol. The fraction of sp³-hybridized carbons (Fsp3) is 0.647. The quantitative estimate of drug-likeness (QED) is 0.827. The average Bonchev–Trinajstić information content (AvgIpc) is 2.53. The number of hydrogen-bond acceptors (Lipinski definition) is 4. The van der Waals surface area contributed by atoms with Crippen LogP contribution in [0.15, 0.2) is 24.3 Å². The zero-order chi connectivity index (χ0) is 16.9. The van der Waals surface area contributed by atoms with E-state index >= 15 is 0 Å². The van der Waals surface area contributed by atoms with Crippen molar-refractivity contribution in [3.05, 3.63) is 29.8 Å². The first-order valence-electron chi connectivity index (χ1n) is 8.07. The van der Waals surface area contributed by atoms with Crippen molar-refractivity contribution in [2.45, 2.75) is 32.1 Å². The van der Waals surface area contributed by atoms with Crippen LogP contribution in [0.25, 0.3) is 0 Å². The van der Waals surface area contributed by atoms with Crippen molar-refractivity contribution >= 4 is 10.0 Å². The smallest absolute Gasteiger partial charge is 0.211 e. The molecule has 1 aromatic carbocycles. The van der Waals surface area contributed by atoms with Gasteiger partial charge in [-0.05, 0) is 24.8 Å². The molecule has 23 heavy (non-hydrogen) atoms. The summed E-state index contributed by atoms with van der Waals surface area (Å²) in [6.07, 6.45) is 1.55. The van der Waals surface area contributed by atoms with Gasteiger partial charge in [-0.2, -0.15) is 0 Å². The summed E-state index contributed by atoms with van der Waals surface area (Å²) in [5.41, 5.74) is 0.771. The minimum absolute atomic E-state index is 0.101. The molecule has 1 fully saturated rings. The van der Waals surface area contributed by atoms with E-state index in [2.05, 4.69) is 4.72 Å². The molecule has 0 atom stereocenters. The number of ether oxygens (including phenoxy) is 2. The van der Waals surface area contributed by atoms with Gasteiger partial charge in [0.05, 0.1) is 12.9 Å². The van der Waals surface area contributed by atoms with Gasteiger partial charge in [-0.1, -0.05) is 32.0 Å². The fourth-order valence-corrected chi connectivity index (χ4v) is 4.62. The standard InChI is InChI=1S/C17H27NO4S/c1-14(2)12-23(19,20)18-13-17(8-10-22-11-9-17)15-6-4-5-7-16(15)21-3/h4-7,14,18H,8-13H2,1-3H3. The first-order valence-corrected chi connectivity index (χ1v) is 9.72. The van der Waals surface area contributed by atoms with Crippen LogP contribution in [-0.2, 0) is 20.2 Å². The van der Waals surface area contributed by atoms with Gasteiger partial charge in [-0.3, -0.25) is 0 Å². The van der Waals surface area contributed by atoms with Gasteiger partial charge < -0.3 is 9.47 Å². The first kappa shape index (κ1) is 18.2. The van der Waals surface area contributed by atoms with Crippen LogP contribution in [-0.4, -0.2) is 41.0 Å². The Morgan fingerprint density at radius 2 is 1.91 bits per heavy atom. The van der Waals surface area contributed by atoms with Crippen molar-refractivity contribution < 1.29 is 17.9 Å². The molecule has 0 bridgehead atoms. The third-order valence-electron chi connectivity index (χ3n) is 4.31. The Hall–Kier alpha value is -1.11. The molecule has 1 aliphatic heterocycles. The molecule has 0 amide bonds. The summed E-state index contributed by atoms with van der Waals surface area (Å²) < 4.78 is 38.3. The molecule has 2 rings (SSSR count). The molecule has 0 aliphatic carbocycles. The number of rotatable bonds is 7. The lowest BCUT2D eigenvalue weighted by Gasteiger charge is -2.38. The van der Waals surface area contributed by atoms with E-state index < -0.39 is 10.0 Å². The maximum Gasteiger partial charge on any atom is 0.211 e. The summed E-state index contributed by atoms with van der Waals surface area (Å²) in [6.45, 7) is 5.45. The van der Waals surface area contributed by atoms with Crippen molar-refractivity contribution in [1.82, 2.24) is 4.72 Å². The van der Waals surface area contributed by atoms with E-state index in [1.807, 2.05) is 38.1 Å². The van der Waals surface area contributed by atoms with Gasteiger partial charge in [0.25, 0.3) is 0 Å². The second kappa shape index (κ2) is 7.64. The summed E-state index contributed by atoms with van der Waals surface area (Å²) in [5, 5.41) is 0. The first-order chi connectivity index (χ1) is 10.9. The maximum absolute atomic E-state index is 12.2. The predicted octanol–water partition coefficient (Wildman–Crippen LogP) is 2.32. The largest absolute Gasteiger partial charge is 0.496 e. The highest BCUT2D eigenvalue weighted by molar-refractivity contribution is 7.89. The van der Waals surface area contributed by atoms with E-state index in [9.17, 15) is 8.42 Å². The second-order valence-corrected chi connectivity index (χ2v) is 8.44. The van der Waals surface area contributed by atoms with Gasteiger partial charge in [-0.15, -0.1) is 0 Å². The van der Waals surface area contributed by atoms with Crippen molar-refractivity contribution in [3.8, 4) is 5.75 Å². The Kier molecular flexibility index (Phi) is 6.06. The van der Waals surface area contributed by atoms with Crippen LogP contribution in [0.1, 0.15) is 32.3 Å². The van der Waals surface area contributed by atoms with Gasteiger partial charge in [0.15, 0.2) is 0 Å². The van der Waals surface area contributed by atoms with Crippen LogP contribution in [0, 0.1) is 5.92 Å². The van der Waals surface area contributed by atoms with Gasteiger partial charge in [-0.25, -0.2) is 13.1 Å². The Morgan fingerprint density at radius 3 is 2.52 bits per heavy atom. The summed E-state index contributed by atoms with van der Waals surface area (Å²) in [4.78, 5) is 0. The molecule has 0 saturated carbocycles. The highest BCUT2D eigenvalue weighted by atomic mass is 32.2. The SMILES string of the molecule is COc1ccccc1C1(CNS(=O)(=O)CC(C)C)CCOCC1. The number of benzene rings is 1. The molecule has 1 N–H and O–H groups in total. The second-order valence-electron chi connectivity index (χ2n) is 6.59. The molecule has 0 aromatic heterocycles. The number of methoxy groups -OCH3 is 1. The average molecular weight is 341 g/mol. The number of sulfonamides is 1. The molecule has 1 heterocycles. The third kappa shape index (κ3) is 4.68. The fourth-order valence-electron chi connectivity index (χ4n) is 3.13. The predicted molar refractivity (Wildman–Crippen MR) is 91.4 cm³/mol. The van der Waals surface area contributed by atoms with Crippen LogP contribution >= 0.6 is 0 Å². The van der Waals surface area contributed by atoms with Crippen molar-refractivity contribution in [3.63, 3.8) is 0 Å². The van der Waals surface area contributed by atoms with Crippen LogP contribution in [0.4, 0.5) is 0 Å². The highest BCUT2D eigenvalue weighted by Crippen LogP contribution is 2.39. The topological polar surface area (TPSA) is 64.6 Å². The molecule has 0 spiro atoms. The van der Waals surface area contributed by atoms with E-state index in [-0.39, 0.29) is 17.1 Å². The molecule has 1 saturated heterocycles. The number of nitrogens with one attached hydrogen (secondary N) is 1. The Balaban J connectivity index is 2.26. The summed E-state index contributed by atoms with van der Waals surface area (Å²) >= 11 is 0. The normalized spacial score (nSPS) is 18.1. The molecular weight excluding hydrogens is 314 g/mol. The number of hydrogen-bond donors (Lipinski definition) is 1. The molecule has 130 valence electrons. The Labute approximate surface area is 139 Å². The lowest BCUT2D eigenvalue weighted by molar-refractivity contribution is 0.0508. The Bertz CT molecular complexity index is 607. The molecule has 0 radical (unpaired) electrons. The summed E-state index contributed by atoms with van der Waals surface area (Å²) in [7, 11) is -1.63. The van der Waals surface area contributed by atoms with Crippen LogP contribution in [0.3, 0.4) is 0 Å². The van der Waals surface area contributed by atoms with Gasteiger partial charge in [0.2, 0.25) is 10.0 Å². The third-order valence-corrected chi connectivity index (χ3v) is 6.00. The molecular formula is C17H27NO4S.